The van der Waals surface area contributed by atoms with Crippen molar-refractivity contribution < 1.29 is 18.0 Å². The summed E-state index contributed by atoms with van der Waals surface area (Å²) in [5.74, 6) is -1.89. The molecule has 0 radical (unpaired) electrons. The topological polar surface area (TPSA) is 54.0 Å². The maximum absolute atomic E-state index is 12.0. The first kappa shape index (κ1) is 17.9. The Labute approximate surface area is 126 Å². The third-order valence-corrected chi connectivity index (χ3v) is 4.43. The number of carbonyl (C=O) groups excluding carboxylic acids is 1. The van der Waals surface area contributed by atoms with Gasteiger partial charge in [0, 0.05) is 17.6 Å². The number of carbonyl (C=O) groups is 1. The molecule has 0 aliphatic rings. The number of aryl methyl sites for hydroxylation is 1. The van der Waals surface area contributed by atoms with Gasteiger partial charge < -0.3 is 10.6 Å². The number of alkyl halides is 3. The molecule has 21 heavy (non-hydrogen) atoms. The maximum Gasteiger partial charge on any atom is 0.471 e. The van der Waals surface area contributed by atoms with Crippen LogP contribution in [-0.4, -0.2) is 30.2 Å². The van der Waals surface area contributed by atoms with Crippen molar-refractivity contribution in [2.75, 3.05) is 13.1 Å². The minimum absolute atomic E-state index is 0.0119. The molecule has 0 saturated carbocycles. The highest BCUT2D eigenvalue weighted by molar-refractivity contribution is 7.09. The van der Waals surface area contributed by atoms with Gasteiger partial charge in [0.15, 0.2) is 0 Å². The van der Waals surface area contributed by atoms with E-state index in [9.17, 15) is 18.0 Å². The van der Waals surface area contributed by atoms with Crippen molar-refractivity contribution in [2.24, 2.45) is 0 Å². The standard InChI is InChI=1S/C13H20F3N3OS/c1-4-12(3,11-19-9(2)8-21-11)18-7-5-6-17-10(20)13(14,15)16/h8,18H,4-7H2,1-3H3,(H,17,20). The van der Waals surface area contributed by atoms with E-state index in [1.807, 2.05) is 31.5 Å². The van der Waals surface area contributed by atoms with Gasteiger partial charge in [-0.2, -0.15) is 13.2 Å². The zero-order valence-corrected chi connectivity index (χ0v) is 13.1. The van der Waals surface area contributed by atoms with Gasteiger partial charge in [0.1, 0.15) is 5.01 Å². The predicted molar refractivity (Wildman–Crippen MR) is 76.2 cm³/mol. The average Bonchev–Trinajstić information content (AvgIpc) is 2.84. The van der Waals surface area contributed by atoms with E-state index in [0.29, 0.717) is 13.0 Å². The van der Waals surface area contributed by atoms with E-state index in [2.05, 4.69) is 10.3 Å². The van der Waals surface area contributed by atoms with Crippen LogP contribution in [0.3, 0.4) is 0 Å². The van der Waals surface area contributed by atoms with E-state index >= 15 is 0 Å². The summed E-state index contributed by atoms with van der Waals surface area (Å²) in [6.07, 6.45) is -3.58. The molecule has 1 heterocycles. The Morgan fingerprint density at radius 1 is 1.38 bits per heavy atom. The van der Waals surface area contributed by atoms with Crippen LogP contribution in [0.25, 0.3) is 0 Å². The lowest BCUT2D eigenvalue weighted by Gasteiger charge is -2.27. The third kappa shape index (κ3) is 5.28. The molecule has 8 heteroatoms. The molecule has 0 fully saturated rings. The Kier molecular flexibility index (Phi) is 6.15. The highest BCUT2D eigenvalue weighted by Gasteiger charge is 2.38. The molecular weight excluding hydrogens is 303 g/mol. The molecule has 1 aromatic rings. The van der Waals surface area contributed by atoms with Crippen molar-refractivity contribution in [3.05, 3.63) is 16.1 Å². The van der Waals surface area contributed by atoms with Crippen LogP contribution in [0.1, 0.15) is 37.4 Å². The number of hydrogen-bond acceptors (Lipinski definition) is 4. The number of nitrogens with zero attached hydrogens (tertiary/aromatic N) is 1. The minimum atomic E-state index is -4.82. The lowest BCUT2D eigenvalue weighted by Crippen LogP contribution is -2.41. The summed E-state index contributed by atoms with van der Waals surface area (Å²) in [5, 5.41) is 8.08. The van der Waals surface area contributed by atoms with Gasteiger partial charge in [-0.05, 0) is 33.2 Å². The molecule has 0 aliphatic carbocycles. The molecule has 0 bridgehead atoms. The second-order valence-electron chi connectivity index (χ2n) is 5.01. The van der Waals surface area contributed by atoms with E-state index < -0.39 is 12.1 Å². The van der Waals surface area contributed by atoms with Gasteiger partial charge in [-0.15, -0.1) is 11.3 Å². The number of hydrogen-bond donors (Lipinski definition) is 2. The van der Waals surface area contributed by atoms with Crippen molar-refractivity contribution in [3.8, 4) is 0 Å². The van der Waals surface area contributed by atoms with Crippen LogP contribution in [0.4, 0.5) is 13.2 Å². The molecule has 0 aliphatic heterocycles. The zero-order chi connectivity index (χ0) is 16.1. The summed E-state index contributed by atoms with van der Waals surface area (Å²) < 4.78 is 36.0. The molecule has 1 atom stereocenters. The summed E-state index contributed by atoms with van der Waals surface area (Å²) in [7, 11) is 0. The predicted octanol–water partition coefficient (Wildman–Crippen LogP) is 2.73. The van der Waals surface area contributed by atoms with Gasteiger partial charge in [-0.3, -0.25) is 4.79 Å². The first-order chi connectivity index (χ1) is 9.69. The second-order valence-corrected chi connectivity index (χ2v) is 5.87. The van der Waals surface area contributed by atoms with Gasteiger partial charge in [-0.1, -0.05) is 6.92 Å². The smallest absolute Gasteiger partial charge is 0.348 e. The molecule has 1 amide bonds. The average molecular weight is 323 g/mol. The fourth-order valence-electron chi connectivity index (χ4n) is 1.71. The van der Waals surface area contributed by atoms with Crippen molar-refractivity contribution in [2.45, 2.75) is 45.3 Å². The monoisotopic (exact) mass is 323 g/mol. The highest BCUT2D eigenvalue weighted by Crippen LogP contribution is 2.27. The fraction of sp³-hybridized carbons (Fsp3) is 0.692. The van der Waals surface area contributed by atoms with Crippen LogP contribution in [0, 0.1) is 6.92 Å². The lowest BCUT2D eigenvalue weighted by molar-refractivity contribution is -0.173. The maximum atomic E-state index is 12.0. The number of thiazole rings is 1. The van der Waals surface area contributed by atoms with Crippen LogP contribution in [0.15, 0.2) is 5.38 Å². The summed E-state index contributed by atoms with van der Waals surface area (Å²) in [4.78, 5) is 15.1. The number of aromatic nitrogens is 1. The Bertz CT molecular complexity index is 475. The number of nitrogens with one attached hydrogen (secondary N) is 2. The van der Waals surface area contributed by atoms with Crippen molar-refractivity contribution in [1.29, 1.82) is 0 Å². The van der Waals surface area contributed by atoms with Crippen molar-refractivity contribution >= 4 is 17.2 Å². The third-order valence-electron chi connectivity index (χ3n) is 3.21. The molecule has 0 spiro atoms. The molecule has 0 aromatic carbocycles. The Morgan fingerprint density at radius 2 is 2.05 bits per heavy atom. The van der Waals surface area contributed by atoms with Gasteiger partial charge in [0.25, 0.3) is 0 Å². The molecular formula is C13H20F3N3OS. The number of halogens is 3. The Balaban J connectivity index is 2.38. The molecule has 2 N–H and O–H groups in total. The Morgan fingerprint density at radius 3 is 2.52 bits per heavy atom. The fourth-order valence-corrected chi connectivity index (χ4v) is 2.72. The highest BCUT2D eigenvalue weighted by atomic mass is 32.1. The number of amides is 1. The first-order valence-electron chi connectivity index (χ1n) is 6.71. The van der Waals surface area contributed by atoms with E-state index in [4.69, 9.17) is 0 Å². The van der Waals surface area contributed by atoms with Crippen LogP contribution in [0.2, 0.25) is 0 Å². The van der Waals surface area contributed by atoms with Crippen LogP contribution < -0.4 is 10.6 Å². The largest absolute Gasteiger partial charge is 0.471 e. The van der Waals surface area contributed by atoms with E-state index in [1.54, 1.807) is 11.3 Å². The molecule has 1 aromatic heterocycles. The summed E-state index contributed by atoms with van der Waals surface area (Å²) in [6, 6.07) is 0. The van der Waals surface area contributed by atoms with E-state index in [-0.39, 0.29) is 12.1 Å². The normalized spacial score (nSPS) is 14.8. The van der Waals surface area contributed by atoms with Crippen molar-refractivity contribution in [3.63, 3.8) is 0 Å². The summed E-state index contributed by atoms with van der Waals surface area (Å²) in [5.41, 5.74) is 0.654. The van der Waals surface area contributed by atoms with Crippen molar-refractivity contribution in [1.82, 2.24) is 15.6 Å². The number of rotatable bonds is 7. The molecule has 4 nitrogen and oxygen atoms in total. The summed E-state index contributed by atoms with van der Waals surface area (Å²) >= 11 is 1.56. The van der Waals surface area contributed by atoms with E-state index in [0.717, 1.165) is 17.1 Å². The first-order valence-corrected chi connectivity index (χ1v) is 7.59. The van der Waals surface area contributed by atoms with Gasteiger partial charge in [0.2, 0.25) is 0 Å². The summed E-state index contributed by atoms with van der Waals surface area (Å²) in [6.45, 7) is 6.45. The lowest BCUT2D eigenvalue weighted by atomic mass is 10.00. The minimum Gasteiger partial charge on any atom is -0.348 e. The van der Waals surface area contributed by atoms with Gasteiger partial charge in [-0.25, -0.2) is 4.98 Å². The van der Waals surface area contributed by atoms with Crippen LogP contribution in [0.5, 0.6) is 0 Å². The quantitative estimate of drug-likeness (QED) is 0.759. The SMILES string of the molecule is CCC(C)(NCCCNC(=O)C(F)(F)F)c1nc(C)cs1. The second kappa shape index (κ2) is 7.22. The zero-order valence-electron chi connectivity index (χ0n) is 12.3. The van der Waals surface area contributed by atoms with Gasteiger partial charge in [0.05, 0.1) is 5.54 Å². The molecule has 0 saturated heterocycles. The van der Waals surface area contributed by atoms with Crippen LogP contribution in [-0.2, 0) is 10.3 Å². The van der Waals surface area contributed by atoms with Gasteiger partial charge >= 0.3 is 12.1 Å². The molecule has 1 rings (SSSR count). The molecule has 120 valence electrons. The van der Waals surface area contributed by atoms with Crippen LogP contribution >= 0.6 is 11.3 Å². The Hall–Kier alpha value is -1.15. The van der Waals surface area contributed by atoms with E-state index in [1.165, 1.54) is 0 Å². The molecule has 1 unspecified atom stereocenters.